The molecule has 1 N–H and O–H groups in total. The maximum atomic E-state index is 10.5. The molecule has 0 spiro atoms. The number of hydrogen-bond acceptors (Lipinski definition) is 2. The molecule has 0 fully saturated rings. The van der Waals surface area contributed by atoms with E-state index in [9.17, 15) is 8.42 Å². The Bertz CT molecular complexity index is 291. The molecule has 0 aromatic carbocycles. The summed E-state index contributed by atoms with van der Waals surface area (Å²) in [5.74, 6) is -0.0627. The summed E-state index contributed by atoms with van der Waals surface area (Å²) in [6.07, 6.45) is 14.3. The Hall–Kier alpha value is 0.429. The molecule has 3 nitrogen and oxygen atoms in total. The van der Waals surface area contributed by atoms with Gasteiger partial charge in [-0.3, -0.25) is 0 Å². The van der Waals surface area contributed by atoms with Crippen LogP contribution in [0.15, 0.2) is 0 Å². The molecule has 0 radical (unpaired) electrons. The van der Waals surface area contributed by atoms with E-state index in [1.165, 1.54) is 69.5 Å². The van der Waals surface area contributed by atoms with Crippen molar-refractivity contribution >= 4 is 25.1 Å². The van der Waals surface area contributed by atoms with Crippen molar-refractivity contribution in [3.05, 3.63) is 0 Å². The van der Waals surface area contributed by atoms with Crippen molar-refractivity contribution in [2.24, 2.45) is 0 Å². The van der Waals surface area contributed by atoms with E-state index in [0.717, 1.165) is 5.32 Å². The predicted molar refractivity (Wildman–Crippen MR) is 88.2 cm³/mol. The summed E-state index contributed by atoms with van der Waals surface area (Å²) in [4.78, 5) is 0. The first kappa shape index (κ1) is 20.4. The van der Waals surface area contributed by atoms with E-state index >= 15 is 0 Å². The molecule has 0 rings (SSSR count). The summed E-state index contributed by atoms with van der Waals surface area (Å²) in [6.45, 7) is 2.25. The molecule has 0 atom stereocenters. The fourth-order valence-corrected chi connectivity index (χ4v) is 5.07. The summed E-state index contributed by atoms with van der Waals surface area (Å²) in [6, 6.07) is 0. The van der Waals surface area contributed by atoms with E-state index in [1.807, 2.05) is 0 Å². The molecule has 0 aromatic heterocycles. The van der Waals surface area contributed by atoms with Crippen molar-refractivity contribution in [3.63, 3.8) is 0 Å². The first-order valence-electron chi connectivity index (χ1n) is 8.09. The summed E-state index contributed by atoms with van der Waals surface area (Å²) in [5.41, 5.74) is 0. The molecular formula is C15H32O3SSe. The Morgan fingerprint density at radius 1 is 0.750 bits per heavy atom. The van der Waals surface area contributed by atoms with Crippen LogP contribution >= 0.6 is 0 Å². The van der Waals surface area contributed by atoms with Crippen LogP contribution in [-0.4, -0.2) is 33.7 Å². The average Bonchev–Trinajstić information content (AvgIpc) is 2.38. The predicted octanol–water partition coefficient (Wildman–Crippen LogP) is 4.73. The first-order valence-corrected chi connectivity index (χ1v) is 12.1. The van der Waals surface area contributed by atoms with Crippen molar-refractivity contribution in [1.29, 1.82) is 0 Å². The number of hydrogen-bond donors (Lipinski definition) is 1. The molecule has 0 aromatic rings. The normalized spacial score (nSPS) is 11.9. The van der Waals surface area contributed by atoms with Crippen LogP contribution in [0.25, 0.3) is 0 Å². The van der Waals surface area contributed by atoms with Gasteiger partial charge in [-0.15, -0.1) is 0 Å². The van der Waals surface area contributed by atoms with E-state index in [2.05, 4.69) is 6.92 Å². The maximum absolute atomic E-state index is 10.5. The van der Waals surface area contributed by atoms with Gasteiger partial charge < -0.3 is 0 Å². The topological polar surface area (TPSA) is 54.4 Å². The molecule has 0 amide bonds. The molecule has 5 heteroatoms. The zero-order valence-corrected chi connectivity index (χ0v) is 15.5. The molecule has 0 aliphatic rings. The van der Waals surface area contributed by atoms with Gasteiger partial charge in [-0.2, -0.15) is 0 Å². The molecule has 0 heterocycles. The van der Waals surface area contributed by atoms with E-state index < -0.39 is 10.1 Å². The van der Waals surface area contributed by atoms with Crippen LogP contribution in [0, 0.1) is 0 Å². The molecule has 0 aliphatic heterocycles. The van der Waals surface area contributed by atoms with Gasteiger partial charge in [-0.25, -0.2) is 0 Å². The minimum absolute atomic E-state index is 0.0627. The second kappa shape index (κ2) is 14.4. The van der Waals surface area contributed by atoms with E-state index in [0.29, 0.717) is 21.4 Å². The van der Waals surface area contributed by atoms with Gasteiger partial charge in [0.05, 0.1) is 0 Å². The Morgan fingerprint density at radius 2 is 1.20 bits per heavy atom. The number of unbranched alkanes of at least 4 members (excludes halogenated alkanes) is 9. The molecule has 0 bridgehead atoms. The van der Waals surface area contributed by atoms with E-state index in [-0.39, 0.29) is 5.75 Å². The fourth-order valence-electron chi connectivity index (χ4n) is 2.14. The van der Waals surface area contributed by atoms with Crippen LogP contribution in [0.4, 0.5) is 0 Å². The molecule has 0 aliphatic carbocycles. The summed E-state index contributed by atoms with van der Waals surface area (Å²) >= 11 is 0.560. The van der Waals surface area contributed by atoms with E-state index in [1.54, 1.807) is 0 Å². The van der Waals surface area contributed by atoms with Crippen molar-refractivity contribution in [1.82, 2.24) is 0 Å². The molecule has 20 heavy (non-hydrogen) atoms. The van der Waals surface area contributed by atoms with Gasteiger partial charge >= 0.3 is 132 Å². The molecule has 0 unspecified atom stereocenters. The monoisotopic (exact) mass is 372 g/mol. The van der Waals surface area contributed by atoms with Crippen LogP contribution in [0.1, 0.15) is 77.6 Å². The third-order valence-corrected chi connectivity index (χ3v) is 6.56. The van der Waals surface area contributed by atoms with Crippen LogP contribution in [0.3, 0.4) is 0 Å². The Kier molecular flexibility index (Phi) is 14.7. The van der Waals surface area contributed by atoms with Crippen molar-refractivity contribution in [2.75, 3.05) is 5.75 Å². The number of rotatable bonds is 15. The quantitative estimate of drug-likeness (QED) is 0.257. The van der Waals surface area contributed by atoms with Gasteiger partial charge in [-0.05, 0) is 0 Å². The summed E-state index contributed by atoms with van der Waals surface area (Å²) < 4.78 is 29.6. The molecule has 122 valence electrons. The SMILES string of the molecule is CCCCCCCCCCCC[Se]CCCS(=O)(=O)O. The molecule has 0 saturated heterocycles. The van der Waals surface area contributed by atoms with Gasteiger partial charge in [0.1, 0.15) is 0 Å². The van der Waals surface area contributed by atoms with Crippen LogP contribution in [0.5, 0.6) is 0 Å². The van der Waals surface area contributed by atoms with Gasteiger partial charge in [0.25, 0.3) is 0 Å². The van der Waals surface area contributed by atoms with Gasteiger partial charge in [0.15, 0.2) is 0 Å². The Balaban J connectivity index is 3.03. The fraction of sp³-hybridized carbons (Fsp3) is 1.00. The summed E-state index contributed by atoms with van der Waals surface area (Å²) in [7, 11) is -3.73. The Labute approximate surface area is 132 Å². The van der Waals surface area contributed by atoms with Crippen LogP contribution in [-0.2, 0) is 10.1 Å². The second-order valence-corrected chi connectivity index (χ2v) is 9.58. The average molecular weight is 371 g/mol. The van der Waals surface area contributed by atoms with Crippen LogP contribution < -0.4 is 0 Å². The van der Waals surface area contributed by atoms with Crippen LogP contribution in [0.2, 0.25) is 10.6 Å². The molecule has 0 saturated carbocycles. The van der Waals surface area contributed by atoms with E-state index in [4.69, 9.17) is 4.55 Å². The van der Waals surface area contributed by atoms with Gasteiger partial charge in [0, 0.05) is 0 Å². The third kappa shape index (κ3) is 18.4. The standard InChI is InChI=1S/C15H32O3SSe/c1-2-3-4-5-6-7-8-9-10-11-14-20-15-12-13-19(16,17)18/h2-15H2,1H3,(H,16,17,18). The third-order valence-electron chi connectivity index (χ3n) is 3.33. The van der Waals surface area contributed by atoms with Gasteiger partial charge in [0.2, 0.25) is 0 Å². The zero-order valence-electron chi connectivity index (χ0n) is 13.0. The molecular weight excluding hydrogens is 339 g/mol. The minimum atomic E-state index is -3.73. The van der Waals surface area contributed by atoms with Gasteiger partial charge in [-0.1, -0.05) is 0 Å². The van der Waals surface area contributed by atoms with Crippen molar-refractivity contribution in [3.8, 4) is 0 Å². The first-order chi connectivity index (χ1) is 9.56. The van der Waals surface area contributed by atoms with Crippen molar-refractivity contribution < 1.29 is 13.0 Å². The second-order valence-electron chi connectivity index (χ2n) is 5.43. The Morgan fingerprint density at radius 3 is 1.70 bits per heavy atom. The van der Waals surface area contributed by atoms with Crippen molar-refractivity contribution in [2.45, 2.75) is 88.2 Å². The zero-order chi connectivity index (χ0) is 15.1. The summed E-state index contributed by atoms with van der Waals surface area (Å²) in [5, 5.41) is 2.24.